The van der Waals surface area contributed by atoms with E-state index in [0.29, 0.717) is 18.5 Å². The molecule has 8 heteroatoms. The number of imidazole rings is 1. The molecular formula is C24H25N5O3. The van der Waals surface area contributed by atoms with E-state index in [4.69, 9.17) is 4.98 Å². The second-order valence-corrected chi connectivity index (χ2v) is 9.38. The van der Waals surface area contributed by atoms with Crippen molar-refractivity contribution >= 4 is 29.2 Å². The van der Waals surface area contributed by atoms with Crippen molar-refractivity contribution in [1.82, 2.24) is 19.6 Å². The Morgan fingerprint density at radius 1 is 1.12 bits per heavy atom. The molecule has 0 aliphatic carbocycles. The molecule has 4 heterocycles. The van der Waals surface area contributed by atoms with E-state index >= 15 is 0 Å². The van der Waals surface area contributed by atoms with Gasteiger partial charge in [-0.3, -0.25) is 24.1 Å². The van der Waals surface area contributed by atoms with Gasteiger partial charge in [-0.15, -0.1) is 0 Å². The van der Waals surface area contributed by atoms with Crippen molar-refractivity contribution in [3.8, 4) is 11.3 Å². The third-order valence-electron chi connectivity index (χ3n) is 5.82. The minimum atomic E-state index is -0.621. The van der Waals surface area contributed by atoms with Gasteiger partial charge in [0.05, 0.1) is 0 Å². The average Bonchev–Trinajstić information content (AvgIpc) is 3.25. The van der Waals surface area contributed by atoms with E-state index in [9.17, 15) is 14.4 Å². The van der Waals surface area contributed by atoms with Crippen LogP contribution in [0.1, 0.15) is 49.5 Å². The monoisotopic (exact) mass is 431 g/mol. The summed E-state index contributed by atoms with van der Waals surface area (Å²) in [6.07, 6.45) is 2.55. The molecule has 0 spiro atoms. The van der Waals surface area contributed by atoms with Crippen LogP contribution in [0.3, 0.4) is 0 Å². The Hall–Kier alpha value is -3.68. The van der Waals surface area contributed by atoms with Crippen molar-refractivity contribution in [2.24, 2.45) is 0 Å². The van der Waals surface area contributed by atoms with Crippen LogP contribution >= 0.6 is 0 Å². The molecule has 1 atom stereocenters. The summed E-state index contributed by atoms with van der Waals surface area (Å²) in [5, 5.41) is 5.88. The summed E-state index contributed by atoms with van der Waals surface area (Å²) in [6, 6.07) is 11.0. The van der Waals surface area contributed by atoms with Crippen LogP contribution in [0, 0.1) is 0 Å². The zero-order valence-corrected chi connectivity index (χ0v) is 18.3. The number of piperidine rings is 1. The first kappa shape index (κ1) is 20.2. The van der Waals surface area contributed by atoms with Crippen LogP contribution in [-0.4, -0.2) is 43.6 Å². The van der Waals surface area contributed by atoms with E-state index in [1.54, 1.807) is 4.90 Å². The van der Waals surface area contributed by atoms with Crippen molar-refractivity contribution in [1.29, 1.82) is 0 Å². The van der Waals surface area contributed by atoms with Crippen LogP contribution < -0.4 is 10.6 Å². The number of nitrogens with zero attached hydrogens (tertiary/aromatic N) is 3. The highest BCUT2D eigenvalue weighted by Gasteiger charge is 2.39. The molecular weight excluding hydrogens is 406 g/mol. The molecule has 0 bridgehead atoms. The van der Waals surface area contributed by atoms with Crippen molar-refractivity contribution in [2.45, 2.75) is 51.7 Å². The first-order chi connectivity index (χ1) is 15.2. The van der Waals surface area contributed by atoms with Crippen LogP contribution in [0.2, 0.25) is 0 Å². The number of carbonyl (C=O) groups excluding carboxylic acids is 3. The lowest BCUT2D eigenvalue weighted by Crippen LogP contribution is -2.52. The number of pyridine rings is 1. The topological polar surface area (TPSA) is 95.8 Å². The zero-order chi connectivity index (χ0) is 22.6. The summed E-state index contributed by atoms with van der Waals surface area (Å²) in [5.74, 6) is -0.0194. The number of rotatable bonds is 3. The lowest BCUT2D eigenvalue weighted by Gasteiger charge is -2.29. The Morgan fingerprint density at radius 2 is 1.94 bits per heavy atom. The highest BCUT2D eigenvalue weighted by Crippen LogP contribution is 2.35. The maximum Gasteiger partial charge on any atom is 0.255 e. The van der Waals surface area contributed by atoms with E-state index < -0.39 is 11.9 Å². The number of amides is 3. The molecule has 2 aromatic heterocycles. The molecule has 1 aromatic carbocycles. The molecule has 1 fully saturated rings. The maximum atomic E-state index is 13.2. The van der Waals surface area contributed by atoms with Gasteiger partial charge in [-0.2, -0.15) is 0 Å². The largest absolute Gasteiger partial charge is 0.365 e. The summed E-state index contributed by atoms with van der Waals surface area (Å²) < 4.78 is 2.01. The van der Waals surface area contributed by atoms with E-state index in [0.717, 1.165) is 28.3 Å². The van der Waals surface area contributed by atoms with Gasteiger partial charge in [0, 0.05) is 35.8 Å². The quantitative estimate of drug-likeness (QED) is 0.622. The summed E-state index contributed by atoms with van der Waals surface area (Å²) in [6.45, 7) is 6.62. The van der Waals surface area contributed by atoms with Crippen molar-refractivity contribution in [3.05, 3.63) is 53.7 Å². The number of anilines is 1. The molecule has 164 valence electrons. The van der Waals surface area contributed by atoms with Gasteiger partial charge in [0.1, 0.15) is 23.2 Å². The van der Waals surface area contributed by atoms with Crippen LogP contribution in [0.5, 0.6) is 0 Å². The Labute approximate surface area is 185 Å². The highest BCUT2D eigenvalue weighted by molar-refractivity contribution is 6.06. The van der Waals surface area contributed by atoms with Crippen LogP contribution in [0.4, 0.5) is 5.82 Å². The predicted octanol–water partition coefficient (Wildman–Crippen LogP) is 2.97. The number of nitrogens with one attached hydrogen (secondary N) is 2. The number of hydrogen-bond donors (Lipinski definition) is 2. The van der Waals surface area contributed by atoms with Gasteiger partial charge in [0.15, 0.2) is 0 Å². The van der Waals surface area contributed by atoms with Crippen molar-refractivity contribution < 1.29 is 14.4 Å². The third kappa shape index (κ3) is 3.41. The fourth-order valence-electron chi connectivity index (χ4n) is 4.37. The van der Waals surface area contributed by atoms with Gasteiger partial charge in [0.25, 0.3) is 5.91 Å². The Balaban J connectivity index is 1.53. The number of benzene rings is 1. The van der Waals surface area contributed by atoms with Crippen molar-refractivity contribution in [3.63, 3.8) is 0 Å². The Bertz CT molecular complexity index is 1270. The summed E-state index contributed by atoms with van der Waals surface area (Å²) in [5.41, 5.74) is 3.67. The highest BCUT2D eigenvalue weighted by atomic mass is 16.2. The fraction of sp³-hybridized carbons (Fsp3) is 0.333. The standard InChI is InChI=1S/C24H25N5O3/c1-24(2,3)27-21-20(25-18-6-4-5-11-28(18)21)14-7-8-15-13-29(23(32)16(15)12-14)17-9-10-19(30)26-22(17)31/h4-8,11-12,17,27H,9-10,13H2,1-3H3,(H,26,30,31). The third-order valence-corrected chi connectivity index (χ3v) is 5.82. The molecule has 32 heavy (non-hydrogen) atoms. The smallest absolute Gasteiger partial charge is 0.255 e. The molecule has 3 amide bonds. The number of aromatic nitrogens is 2. The fourth-order valence-corrected chi connectivity index (χ4v) is 4.37. The van der Waals surface area contributed by atoms with Gasteiger partial charge in [-0.25, -0.2) is 4.98 Å². The van der Waals surface area contributed by atoms with Crippen LogP contribution in [-0.2, 0) is 16.1 Å². The van der Waals surface area contributed by atoms with E-state index in [2.05, 4.69) is 31.4 Å². The van der Waals surface area contributed by atoms with Crippen LogP contribution in [0.25, 0.3) is 16.9 Å². The number of hydrogen-bond acceptors (Lipinski definition) is 5. The predicted molar refractivity (Wildman–Crippen MR) is 120 cm³/mol. The molecule has 1 unspecified atom stereocenters. The summed E-state index contributed by atoms with van der Waals surface area (Å²) in [4.78, 5) is 43.4. The second kappa shape index (κ2) is 7.19. The molecule has 2 aliphatic heterocycles. The molecule has 3 aromatic rings. The van der Waals surface area contributed by atoms with Crippen molar-refractivity contribution in [2.75, 3.05) is 5.32 Å². The first-order valence-corrected chi connectivity index (χ1v) is 10.7. The normalized spacial score (nSPS) is 18.8. The van der Waals surface area contributed by atoms with Crippen LogP contribution in [0.15, 0.2) is 42.6 Å². The number of carbonyl (C=O) groups is 3. The summed E-state index contributed by atoms with van der Waals surface area (Å²) in [7, 11) is 0. The van der Waals surface area contributed by atoms with Gasteiger partial charge in [0.2, 0.25) is 11.8 Å². The SMILES string of the molecule is CC(C)(C)Nc1c(-c2ccc3c(c2)C(=O)N(C2CCC(=O)NC2=O)C3)nc2ccccn12. The molecule has 0 saturated carbocycles. The maximum absolute atomic E-state index is 13.2. The van der Waals surface area contributed by atoms with Gasteiger partial charge >= 0.3 is 0 Å². The molecule has 2 N–H and O–H groups in total. The first-order valence-electron chi connectivity index (χ1n) is 10.7. The molecule has 0 radical (unpaired) electrons. The van der Waals surface area contributed by atoms with E-state index in [1.807, 2.05) is 47.0 Å². The minimum absolute atomic E-state index is 0.185. The minimum Gasteiger partial charge on any atom is -0.365 e. The molecule has 1 saturated heterocycles. The molecule has 5 rings (SSSR count). The lowest BCUT2D eigenvalue weighted by atomic mass is 10.0. The van der Waals surface area contributed by atoms with Gasteiger partial charge in [-0.1, -0.05) is 18.2 Å². The number of imide groups is 1. The molecule has 2 aliphatic rings. The van der Waals surface area contributed by atoms with E-state index in [-0.39, 0.29) is 23.8 Å². The number of fused-ring (bicyclic) bond motifs is 2. The molecule has 8 nitrogen and oxygen atoms in total. The van der Waals surface area contributed by atoms with E-state index in [1.165, 1.54) is 0 Å². The van der Waals surface area contributed by atoms with Gasteiger partial charge in [-0.05, 0) is 51.0 Å². The Kier molecular flexibility index (Phi) is 4.54. The summed E-state index contributed by atoms with van der Waals surface area (Å²) >= 11 is 0. The zero-order valence-electron chi connectivity index (χ0n) is 18.3. The second-order valence-electron chi connectivity index (χ2n) is 9.38. The average molecular weight is 431 g/mol. The van der Waals surface area contributed by atoms with Gasteiger partial charge < -0.3 is 10.2 Å². The lowest BCUT2D eigenvalue weighted by molar-refractivity contribution is -0.136. The Morgan fingerprint density at radius 3 is 2.69 bits per heavy atom.